The highest BCUT2D eigenvalue weighted by Gasteiger charge is 2.23. The summed E-state index contributed by atoms with van der Waals surface area (Å²) in [7, 11) is 1.32. The SMILES string of the molecule is C#Cc1cccc(COc2nc(NC(Cc3cnc[nH]3)C(=O)OC)nc(OCc3cccc(-c4ccccc4)c3C)n2)c1. The summed E-state index contributed by atoms with van der Waals surface area (Å²) in [6, 6.07) is 22.9. The average molecular weight is 575 g/mol. The second-order valence-corrected chi connectivity index (χ2v) is 9.60. The molecule has 0 spiro atoms. The molecule has 2 aromatic heterocycles. The Hall–Kier alpha value is -5.69. The summed E-state index contributed by atoms with van der Waals surface area (Å²) >= 11 is 0. The lowest BCUT2D eigenvalue weighted by Crippen LogP contribution is -2.33. The number of hydrogen-bond donors (Lipinski definition) is 2. The van der Waals surface area contributed by atoms with Gasteiger partial charge in [0, 0.05) is 23.9 Å². The Morgan fingerprint density at radius 1 is 0.977 bits per heavy atom. The van der Waals surface area contributed by atoms with Crippen LogP contribution in [0, 0.1) is 19.3 Å². The van der Waals surface area contributed by atoms with Crippen LogP contribution in [-0.4, -0.2) is 44.0 Å². The summed E-state index contributed by atoms with van der Waals surface area (Å²) in [5, 5.41) is 3.03. The molecule has 0 aliphatic rings. The van der Waals surface area contributed by atoms with E-state index in [0.717, 1.165) is 39.1 Å². The number of nitrogens with zero attached hydrogens (tertiary/aromatic N) is 4. The molecule has 3 aromatic carbocycles. The normalized spacial score (nSPS) is 11.3. The van der Waals surface area contributed by atoms with Gasteiger partial charge in [0.15, 0.2) is 0 Å². The maximum absolute atomic E-state index is 12.6. The molecule has 10 nitrogen and oxygen atoms in total. The Morgan fingerprint density at radius 3 is 2.47 bits per heavy atom. The third kappa shape index (κ3) is 7.54. The molecule has 10 heteroatoms. The summed E-state index contributed by atoms with van der Waals surface area (Å²) < 4.78 is 17.0. The van der Waals surface area contributed by atoms with Crippen molar-refractivity contribution >= 4 is 11.9 Å². The van der Waals surface area contributed by atoms with Crippen LogP contribution in [0.15, 0.2) is 85.3 Å². The van der Waals surface area contributed by atoms with Gasteiger partial charge < -0.3 is 24.5 Å². The first-order valence-corrected chi connectivity index (χ1v) is 13.5. The van der Waals surface area contributed by atoms with Crippen LogP contribution >= 0.6 is 0 Å². The maximum Gasteiger partial charge on any atom is 0.328 e. The number of anilines is 1. The summed E-state index contributed by atoms with van der Waals surface area (Å²) in [5.41, 5.74) is 6.57. The largest absolute Gasteiger partial charge is 0.467 e. The molecule has 0 saturated carbocycles. The number of esters is 1. The third-order valence-electron chi connectivity index (χ3n) is 6.71. The number of terminal acetylenes is 1. The van der Waals surface area contributed by atoms with Crippen LogP contribution in [0.25, 0.3) is 11.1 Å². The van der Waals surface area contributed by atoms with Gasteiger partial charge in [0.1, 0.15) is 19.3 Å². The molecule has 216 valence electrons. The molecule has 5 aromatic rings. The average Bonchev–Trinajstić information content (AvgIpc) is 3.56. The lowest BCUT2D eigenvalue weighted by Gasteiger charge is -2.17. The summed E-state index contributed by atoms with van der Waals surface area (Å²) in [6.07, 6.45) is 8.96. The van der Waals surface area contributed by atoms with Crippen LogP contribution in [0.1, 0.15) is 27.9 Å². The van der Waals surface area contributed by atoms with E-state index in [0.29, 0.717) is 0 Å². The maximum atomic E-state index is 12.6. The highest BCUT2D eigenvalue weighted by Crippen LogP contribution is 2.26. The first-order chi connectivity index (χ1) is 21.0. The number of imidazole rings is 1. The molecule has 0 saturated heterocycles. The van der Waals surface area contributed by atoms with E-state index in [9.17, 15) is 4.79 Å². The zero-order chi connectivity index (χ0) is 30.0. The van der Waals surface area contributed by atoms with E-state index in [1.54, 1.807) is 6.20 Å². The van der Waals surface area contributed by atoms with Crippen LogP contribution in [-0.2, 0) is 29.2 Å². The van der Waals surface area contributed by atoms with E-state index >= 15 is 0 Å². The monoisotopic (exact) mass is 574 g/mol. The van der Waals surface area contributed by atoms with Crippen molar-refractivity contribution in [3.05, 3.63) is 113 Å². The van der Waals surface area contributed by atoms with Crippen molar-refractivity contribution in [2.45, 2.75) is 32.6 Å². The smallest absolute Gasteiger partial charge is 0.328 e. The number of carbonyl (C=O) groups excluding carboxylic acids is 1. The van der Waals surface area contributed by atoms with Gasteiger partial charge in [-0.05, 0) is 46.9 Å². The molecule has 0 amide bonds. The van der Waals surface area contributed by atoms with Crippen molar-refractivity contribution in [1.82, 2.24) is 24.9 Å². The number of benzene rings is 3. The fourth-order valence-electron chi connectivity index (χ4n) is 4.45. The highest BCUT2D eigenvalue weighted by molar-refractivity contribution is 5.78. The first kappa shape index (κ1) is 28.8. The van der Waals surface area contributed by atoms with Gasteiger partial charge in [0.05, 0.1) is 13.4 Å². The number of hydrogen-bond acceptors (Lipinski definition) is 9. The zero-order valence-electron chi connectivity index (χ0n) is 23.8. The van der Waals surface area contributed by atoms with Gasteiger partial charge in [-0.2, -0.15) is 9.97 Å². The van der Waals surface area contributed by atoms with Gasteiger partial charge in [0.2, 0.25) is 5.95 Å². The van der Waals surface area contributed by atoms with Gasteiger partial charge in [-0.3, -0.25) is 0 Å². The Kier molecular flexibility index (Phi) is 9.24. The Labute approximate surface area is 249 Å². The Morgan fingerprint density at radius 2 is 1.74 bits per heavy atom. The topological polar surface area (TPSA) is 124 Å². The highest BCUT2D eigenvalue weighted by atomic mass is 16.5. The summed E-state index contributed by atoms with van der Waals surface area (Å²) in [6.45, 7) is 2.41. The molecular formula is C33H30N6O4. The van der Waals surface area contributed by atoms with E-state index in [-0.39, 0.29) is 37.6 Å². The molecule has 1 unspecified atom stereocenters. The summed E-state index contributed by atoms with van der Waals surface area (Å²) in [4.78, 5) is 32.8. The number of aromatic nitrogens is 5. The first-order valence-electron chi connectivity index (χ1n) is 13.5. The van der Waals surface area contributed by atoms with Gasteiger partial charge >= 0.3 is 18.0 Å². The van der Waals surface area contributed by atoms with Crippen molar-refractivity contribution in [1.29, 1.82) is 0 Å². The number of nitrogens with one attached hydrogen (secondary N) is 2. The second kappa shape index (κ2) is 13.8. The molecular weight excluding hydrogens is 544 g/mol. The molecule has 0 aliphatic carbocycles. The van der Waals surface area contributed by atoms with E-state index in [4.69, 9.17) is 20.6 Å². The van der Waals surface area contributed by atoms with Crippen LogP contribution in [0.5, 0.6) is 12.0 Å². The molecule has 0 radical (unpaired) electrons. The fraction of sp³-hybridized carbons (Fsp3) is 0.182. The number of carbonyl (C=O) groups is 1. The van der Waals surface area contributed by atoms with Gasteiger partial charge in [-0.25, -0.2) is 9.78 Å². The lowest BCUT2D eigenvalue weighted by atomic mass is 9.97. The predicted molar refractivity (Wildman–Crippen MR) is 161 cm³/mol. The number of rotatable bonds is 12. The Bertz CT molecular complexity index is 1720. The minimum Gasteiger partial charge on any atom is -0.467 e. The molecule has 0 fully saturated rings. The van der Waals surface area contributed by atoms with Crippen molar-refractivity contribution in [2.24, 2.45) is 0 Å². The number of aromatic amines is 1. The third-order valence-corrected chi connectivity index (χ3v) is 6.71. The van der Waals surface area contributed by atoms with Crippen LogP contribution in [0.2, 0.25) is 0 Å². The van der Waals surface area contributed by atoms with Crippen LogP contribution in [0.3, 0.4) is 0 Å². The van der Waals surface area contributed by atoms with E-state index < -0.39 is 12.0 Å². The quantitative estimate of drug-likeness (QED) is 0.158. The molecule has 43 heavy (non-hydrogen) atoms. The second-order valence-electron chi connectivity index (χ2n) is 9.60. The van der Waals surface area contributed by atoms with Gasteiger partial charge in [-0.1, -0.05) is 66.6 Å². The fourth-order valence-corrected chi connectivity index (χ4v) is 4.45. The van der Waals surface area contributed by atoms with Crippen LogP contribution in [0.4, 0.5) is 5.95 Å². The van der Waals surface area contributed by atoms with Gasteiger partial charge in [0.25, 0.3) is 0 Å². The van der Waals surface area contributed by atoms with E-state index in [2.05, 4.69) is 61.3 Å². The number of H-pyrrole nitrogens is 1. The van der Waals surface area contributed by atoms with Gasteiger partial charge in [-0.15, -0.1) is 11.4 Å². The molecule has 2 N–H and O–H groups in total. The van der Waals surface area contributed by atoms with Crippen molar-refractivity contribution in [3.8, 4) is 35.5 Å². The van der Waals surface area contributed by atoms with E-state index in [1.165, 1.54) is 13.4 Å². The Balaban J connectivity index is 1.40. The van der Waals surface area contributed by atoms with Crippen molar-refractivity contribution in [2.75, 3.05) is 12.4 Å². The predicted octanol–water partition coefficient (Wildman–Crippen LogP) is 4.91. The lowest BCUT2D eigenvalue weighted by molar-refractivity contribution is -0.141. The number of methoxy groups -OCH3 is 1. The minimum absolute atomic E-state index is 0.0125. The van der Waals surface area contributed by atoms with Crippen molar-refractivity contribution < 1.29 is 19.0 Å². The molecule has 1 atom stereocenters. The standard InChI is InChI=1S/C33H30N6O4/c1-4-23-10-8-11-24(16-23)19-42-32-37-31(36-29(30(40)41-3)17-27-18-34-21-35-27)38-33(39-32)43-20-26-14-9-15-28(22(26)2)25-12-6-5-7-13-25/h1,5-16,18,21,29H,17,19-20H2,2-3H3,(H,34,35)(H,36,37,38,39). The van der Waals surface area contributed by atoms with E-state index in [1.807, 2.05) is 54.6 Å². The zero-order valence-corrected chi connectivity index (χ0v) is 23.8. The number of ether oxygens (including phenoxy) is 3. The molecule has 0 aliphatic heterocycles. The van der Waals surface area contributed by atoms with Crippen molar-refractivity contribution in [3.63, 3.8) is 0 Å². The summed E-state index contributed by atoms with van der Waals surface area (Å²) in [5.74, 6) is 2.20. The molecule has 2 heterocycles. The molecule has 5 rings (SSSR count). The van der Waals surface area contributed by atoms with Crippen LogP contribution < -0.4 is 14.8 Å². The molecule has 0 bridgehead atoms. The minimum atomic E-state index is -0.814.